The number of anilines is 1. The molecule has 3 aliphatic carbocycles. The first-order chi connectivity index (χ1) is 18.7. The molecule has 2 unspecified atom stereocenters. The van der Waals surface area contributed by atoms with Crippen LogP contribution in [0.5, 0.6) is 0 Å². The van der Waals surface area contributed by atoms with Crippen LogP contribution in [0.15, 0.2) is 43.1 Å². The van der Waals surface area contributed by atoms with Crippen molar-refractivity contribution in [3.63, 3.8) is 0 Å². The second kappa shape index (κ2) is 9.55. The van der Waals surface area contributed by atoms with Crippen LogP contribution in [0.2, 0.25) is 0 Å². The zero-order chi connectivity index (χ0) is 27.5. The molecule has 0 spiro atoms. The zero-order valence-corrected chi connectivity index (χ0v) is 22.4. The van der Waals surface area contributed by atoms with E-state index in [9.17, 15) is 14.4 Å². The molecule has 2 saturated carbocycles. The first-order valence-corrected chi connectivity index (χ1v) is 14.2. The van der Waals surface area contributed by atoms with Crippen LogP contribution in [-0.2, 0) is 15.1 Å². The van der Waals surface area contributed by atoms with Gasteiger partial charge in [0.05, 0.1) is 15.6 Å². The number of nitrogens with zero attached hydrogens (tertiary/aromatic N) is 1. The van der Waals surface area contributed by atoms with Gasteiger partial charge in [-0.1, -0.05) is 19.1 Å². The Hall–Kier alpha value is -3.60. The molecule has 4 atom stereocenters. The van der Waals surface area contributed by atoms with Crippen molar-refractivity contribution in [2.75, 3.05) is 5.73 Å². The van der Waals surface area contributed by atoms with E-state index in [1.807, 2.05) is 6.07 Å². The van der Waals surface area contributed by atoms with Gasteiger partial charge in [-0.2, -0.15) is 0 Å². The fraction of sp³-hybridized carbons (Fsp3) is 0.379. The topological polar surface area (TPSA) is 166 Å². The van der Waals surface area contributed by atoms with Crippen LogP contribution in [0.4, 0.5) is 5.69 Å². The molecule has 39 heavy (non-hydrogen) atoms. The van der Waals surface area contributed by atoms with Crippen molar-refractivity contribution in [1.82, 2.24) is 15.6 Å². The number of ketones is 1. The van der Waals surface area contributed by atoms with Crippen molar-refractivity contribution in [1.29, 1.82) is 0 Å². The van der Waals surface area contributed by atoms with Gasteiger partial charge in [0, 0.05) is 46.5 Å². The monoisotopic (exact) mass is 544 g/mol. The summed E-state index contributed by atoms with van der Waals surface area (Å²) in [6.07, 6.45) is 8.58. The molecule has 0 aliphatic heterocycles. The molecule has 202 valence electrons. The normalized spacial score (nSPS) is 26.3. The van der Waals surface area contributed by atoms with E-state index < -0.39 is 11.6 Å². The van der Waals surface area contributed by atoms with Crippen molar-refractivity contribution in [2.45, 2.75) is 68.1 Å². The number of carbonyl (C=O) groups is 3. The molecule has 2 aromatic heterocycles. The van der Waals surface area contributed by atoms with E-state index >= 15 is 0 Å². The second-order valence-corrected chi connectivity index (χ2v) is 11.8. The van der Waals surface area contributed by atoms with E-state index in [2.05, 4.69) is 22.2 Å². The molecular formula is C29H32N6O3S. The summed E-state index contributed by atoms with van der Waals surface area (Å²) in [4.78, 5) is 44.5. The van der Waals surface area contributed by atoms with E-state index in [0.717, 1.165) is 44.2 Å². The molecule has 6 rings (SSSR count). The molecule has 0 bridgehead atoms. The highest BCUT2D eigenvalue weighted by Crippen LogP contribution is 2.50. The summed E-state index contributed by atoms with van der Waals surface area (Å²) in [5, 5.41) is 6.64. The van der Waals surface area contributed by atoms with Gasteiger partial charge in [0.15, 0.2) is 5.78 Å². The number of hydrogen-bond donors (Lipinski definition) is 5. The van der Waals surface area contributed by atoms with Gasteiger partial charge in [-0.05, 0) is 67.5 Å². The Morgan fingerprint density at radius 3 is 2.51 bits per heavy atom. The third kappa shape index (κ3) is 3.97. The Morgan fingerprint density at radius 1 is 1.10 bits per heavy atom. The summed E-state index contributed by atoms with van der Waals surface area (Å²) < 4.78 is 0.682. The van der Waals surface area contributed by atoms with Crippen LogP contribution in [0.3, 0.4) is 0 Å². The van der Waals surface area contributed by atoms with Gasteiger partial charge in [0.25, 0.3) is 5.91 Å². The predicted octanol–water partition coefficient (Wildman–Crippen LogP) is 2.88. The average molecular weight is 545 g/mol. The maximum Gasteiger partial charge on any atom is 0.262 e. The molecule has 0 radical (unpaired) electrons. The van der Waals surface area contributed by atoms with Crippen LogP contribution in [0.25, 0.3) is 10.1 Å². The van der Waals surface area contributed by atoms with Crippen molar-refractivity contribution in [3.8, 4) is 0 Å². The van der Waals surface area contributed by atoms with Crippen LogP contribution in [0.1, 0.15) is 82.5 Å². The molecule has 8 N–H and O–H groups in total. The van der Waals surface area contributed by atoms with Crippen molar-refractivity contribution in [2.24, 2.45) is 11.5 Å². The maximum atomic E-state index is 14.0. The van der Waals surface area contributed by atoms with E-state index in [-0.39, 0.29) is 29.7 Å². The first-order valence-electron chi connectivity index (χ1n) is 13.4. The van der Waals surface area contributed by atoms with Gasteiger partial charge in [0.2, 0.25) is 5.91 Å². The first kappa shape index (κ1) is 25.7. The highest BCUT2D eigenvalue weighted by Gasteiger charge is 2.49. The van der Waals surface area contributed by atoms with Crippen molar-refractivity contribution >= 4 is 44.7 Å². The third-order valence-corrected chi connectivity index (χ3v) is 9.88. The van der Waals surface area contributed by atoms with Gasteiger partial charge >= 0.3 is 0 Å². The molecule has 1 aromatic carbocycles. The lowest BCUT2D eigenvalue weighted by Gasteiger charge is -2.37. The summed E-state index contributed by atoms with van der Waals surface area (Å²) in [5.41, 5.74) is 21.6. The number of pyridine rings is 1. The SMILES string of the molecule is C=CC(=O)N[C@H]1CCC[C@H]1NC(=O)c1sc2c(N)ccc3c2c1C(N)C(=O)C3(N)c1ccnc(C2CCC2)c1. The summed E-state index contributed by atoms with van der Waals surface area (Å²) in [6, 6.07) is 5.66. The Bertz CT molecular complexity index is 1530. The lowest BCUT2D eigenvalue weighted by atomic mass is 9.70. The Morgan fingerprint density at radius 2 is 1.82 bits per heavy atom. The number of benzene rings is 1. The number of rotatable bonds is 6. The number of carbonyl (C=O) groups excluding carboxylic acids is 3. The second-order valence-electron chi connectivity index (χ2n) is 10.8. The number of Topliss-reactive ketones (excluding diaryl/α,β-unsaturated/α-hetero) is 1. The van der Waals surface area contributed by atoms with E-state index in [4.69, 9.17) is 17.2 Å². The Balaban J connectivity index is 1.43. The van der Waals surface area contributed by atoms with Crippen LogP contribution < -0.4 is 27.8 Å². The summed E-state index contributed by atoms with van der Waals surface area (Å²) in [5.74, 6) is -0.629. The molecule has 2 amide bonds. The Labute approximate surface area is 230 Å². The molecular weight excluding hydrogens is 512 g/mol. The molecule has 3 aromatic rings. The van der Waals surface area contributed by atoms with E-state index in [1.54, 1.807) is 24.4 Å². The highest BCUT2D eigenvalue weighted by molar-refractivity contribution is 7.21. The number of aromatic nitrogens is 1. The fourth-order valence-corrected chi connectivity index (χ4v) is 7.45. The third-order valence-electron chi connectivity index (χ3n) is 8.62. The van der Waals surface area contributed by atoms with E-state index in [1.165, 1.54) is 17.4 Å². The lowest BCUT2D eigenvalue weighted by Crippen LogP contribution is -2.53. The van der Waals surface area contributed by atoms with Gasteiger partial charge in [0.1, 0.15) is 5.54 Å². The predicted molar refractivity (Wildman–Crippen MR) is 151 cm³/mol. The van der Waals surface area contributed by atoms with Gasteiger partial charge in [-0.25, -0.2) is 0 Å². The number of nitrogens with two attached hydrogens (primary N) is 3. The van der Waals surface area contributed by atoms with Gasteiger partial charge in [-0.15, -0.1) is 11.3 Å². The smallest absolute Gasteiger partial charge is 0.262 e. The lowest BCUT2D eigenvalue weighted by molar-refractivity contribution is -0.124. The highest BCUT2D eigenvalue weighted by atomic mass is 32.1. The van der Waals surface area contributed by atoms with E-state index in [0.29, 0.717) is 43.3 Å². The minimum Gasteiger partial charge on any atom is -0.398 e. The number of amides is 2. The molecule has 2 heterocycles. The number of hydrogen-bond acceptors (Lipinski definition) is 8. The number of nitrogens with one attached hydrogen (secondary N) is 2. The molecule has 3 aliphatic rings. The minimum absolute atomic E-state index is 0.200. The minimum atomic E-state index is -1.50. The largest absolute Gasteiger partial charge is 0.398 e. The molecule has 2 fully saturated rings. The number of nitrogen functional groups attached to an aromatic ring is 1. The van der Waals surface area contributed by atoms with Crippen LogP contribution in [0, 0.1) is 0 Å². The van der Waals surface area contributed by atoms with Crippen LogP contribution >= 0.6 is 11.3 Å². The summed E-state index contributed by atoms with van der Waals surface area (Å²) in [7, 11) is 0. The summed E-state index contributed by atoms with van der Waals surface area (Å²) >= 11 is 1.22. The quantitative estimate of drug-likeness (QED) is 0.235. The fourth-order valence-electron chi connectivity index (χ4n) is 6.25. The molecule has 10 heteroatoms. The van der Waals surface area contributed by atoms with Gasteiger partial charge < -0.3 is 27.8 Å². The van der Waals surface area contributed by atoms with Crippen LogP contribution in [-0.4, -0.2) is 34.7 Å². The summed E-state index contributed by atoms with van der Waals surface area (Å²) in [6.45, 7) is 3.51. The van der Waals surface area contributed by atoms with Crippen molar-refractivity contribution in [3.05, 3.63) is 70.4 Å². The average Bonchev–Trinajstić information content (AvgIpc) is 3.51. The maximum absolute atomic E-state index is 14.0. The van der Waals surface area contributed by atoms with Crippen molar-refractivity contribution < 1.29 is 14.4 Å². The molecule has 9 nitrogen and oxygen atoms in total. The standard InChI is InChI=1S/C29H32N6O3S/c1-2-21(36)34-18-7-4-8-19(18)35-28(38)26-23-22-16(9-10-17(30)25(22)39-26)29(32,27(37)24(23)31)15-11-12-33-20(13-15)14-5-3-6-14/h2,9-14,18-19,24H,1,3-8,30-32H2,(H,34,36)(H,35,38)/t18-,19+,24?,29?/m0/s1. The Kier molecular flexibility index (Phi) is 6.28. The number of thiophene rings is 1. The zero-order valence-electron chi connectivity index (χ0n) is 21.5. The van der Waals surface area contributed by atoms with Gasteiger partial charge in [-0.3, -0.25) is 19.4 Å². The molecule has 0 saturated heterocycles.